The van der Waals surface area contributed by atoms with Crippen molar-refractivity contribution in [1.82, 2.24) is 9.62 Å². The van der Waals surface area contributed by atoms with E-state index in [4.69, 9.17) is 5.26 Å². The standard InChI is InChI=1S/C20H17BrF3N3O3S/c21-15-5-6-18(17(11-15)20(22,23)24)31(29,30)26-16-7-9-27(10-8-16)19(28)14-3-1-13(12-25)2-4-14/h1-6,11,16,26H,7-10H2. The van der Waals surface area contributed by atoms with Crippen LogP contribution in [0.4, 0.5) is 13.2 Å². The van der Waals surface area contributed by atoms with Crippen molar-refractivity contribution in [2.75, 3.05) is 13.1 Å². The Labute approximate surface area is 185 Å². The molecule has 1 aliphatic heterocycles. The summed E-state index contributed by atoms with van der Waals surface area (Å²) in [5.74, 6) is -0.252. The summed E-state index contributed by atoms with van der Waals surface area (Å²) in [6, 6.07) is 10.4. The SMILES string of the molecule is N#Cc1ccc(C(=O)N2CCC(NS(=O)(=O)c3ccc(Br)cc3C(F)(F)F)CC2)cc1. The fraction of sp³-hybridized carbons (Fsp3) is 0.300. The van der Waals surface area contributed by atoms with Crippen LogP contribution in [-0.4, -0.2) is 38.4 Å². The van der Waals surface area contributed by atoms with Gasteiger partial charge in [0.1, 0.15) is 0 Å². The van der Waals surface area contributed by atoms with E-state index < -0.39 is 32.7 Å². The third-order valence-electron chi connectivity index (χ3n) is 4.90. The Morgan fingerprint density at radius 3 is 2.29 bits per heavy atom. The molecule has 1 amide bonds. The fourth-order valence-electron chi connectivity index (χ4n) is 3.31. The Hall–Kier alpha value is -2.42. The smallest absolute Gasteiger partial charge is 0.339 e. The van der Waals surface area contributed by atoms with Crippen LogP contribution in [0.3, 0.4) is 0 Å². The van der Waals surface area contributed by atoms with Gasteiger partial charge in [0.2, 0.25) is 10.0 Å². The van der Waals surface area contributed by atoms with Crippen LogP contribution in [0.2, 0.25) is 0 Å². The molecule has 0 aromatic heterocycles. The number of carbonyl (C=O) groups is 1. The number of rotatable bonds is 4. The van der Waals surface area contributed by atoms with E-state index in [9.17, 15) is 26.4 Å². The number of sulfonamides is 1. The number of benzene rings is 2. The molecule has 1 fully saturated rings. The number of alkyl halides is 3. The van der Waals surface area contributed by atoms with Gasteiger partial charge in [-0.15, -0.1) is 0 Å². The van der Waals surface area contributed by atoms with Crippen molar-refractivity contribution in [3.05, 3.63) is 63.6 Å². The van der Waals surface area contributed by atoms with Gasteiger partial charge >= 0.3 is 6.18 Å². The second-order valence-electron chi connectivity index (χ2n) is 7.02. The first-order chi connectivity index (χ1) is 14.5. The van der Waals surface area contributed by atoms with Crippen LogP contribution < -0.4 is 4.72 Å². The molecule has 6 nitrogen and oxygen atoms in total. The van der Waals surface area contributed by atoms with Gasteiger partial charge in [0.25, 0.3) is 5.91 Å². The number of nitriles is 1. The molecule has 1 saturated heterocycles. The summed E-state index contributed by atoms with van der Waals surface area (Å²) >= 11 is 2.93. The fourth-order valence-corrected chi connectivity index (χ4v) is 5.19. The highest BCUT2D eigenvalue weighted by Gasteiger charge is 2.38. The van der Waals surface area contributed by atoms with Gasteiger partial charge in [-0.2, -0.15) is 18.4 Å². The lowest BCUT2D eigenvalue weighted by Gasteiger charge is -2.32. The molecule has 31 heavy (non-hydrogen) atoms. The number of amides is 1. The minimum atomic E-state index is -4.83. The number of likely N-dealkylation sites (tertiary alicyclic amines) is 1. The van der Waals surface area contributed by atoms with Crippen LogP contribution in [-0.2, 0) is 16.2 Å². The van der Waals surface area contributed by atoms with Crippen molar-refractivity contribution in [3.8, 4) is 6.07 Å². The van der Waals surface area contributed by atoms with E-state index in [1.165, 1.54) is 18.2 Å². The summed E-state index contributed by atoms with van der Waals surface area (Å²) in [5, 5.41) is 8.83. The quantitative estimate of drug-likeness (QED) is 0.667. The second kappa shape index (κ2) is 8.98. The van der Waals surface area contributed by atoms with Crippen LogP contribution in [0, 0.1) is 11.3 Å². The number of nitrogens with zero attached hydrogens (tertiary/aromatic N) is 2. The molecule has 0 atom stereocenters. The first-order valence-electron chi connectivity index (χ1n) is 9.20. The maximum atomic E-state index is 13.3. The maximum Gasteiger partial charge on any atom is 0.417 e. The molecule has 0 saturated carbocycles. The molecule has 1 N–H and O–H groups in total. The van der Waals surface area contributed by atoms with E-state index in [0.717, 1.165) is 12.1 Å². The number of nitrogens with one attached hydrogen (secondary N) is 1. The molecule has 2 aromatic rings. The Balaban J connectivity index is 1.68. The van der Waals surface area contributed by atoms with Crippen LogP contribution in [0.15, 0.2) is 51.8 Å². The molecular weight excluding hydrogens is 499 g/mol. The Kier molecular flexibility index (Phi) is 6.73. The zero-order chi connectivity index (χ0) is 22.8. The summed E-state index contributed by atoms with van der Waals surface area (Å²) in [5.41, 5.74) is -0.415. The number of hydrogen-bond acceptors (Lipinski definition) is 4. The third kappa shape index (κ3) is 5.44. The van der Waals surface area contributed by atoms with E-state index in [2.05, 4.69) is 20.7 Å². The van der Waals surface area contributed by atoms with Gasteiger partial charge in [-0.3, -0.25) is 4.79 Å². The number of carbonyl (C=O) groups excluding carboxylic acids is 1. The van der Waals surface area contributed by atoms with Crippen molar-refractivity contribution < 1.29 is 26.4 Å². The number of hydrogen-bond donors (Lipinski definition) is 1. The van der Waals surface area contributed by atoms with Gasteiger partial charge in [-0.1, -0.05) is 15.9 Å². The highest BCUT2D eigenvalue weighted by molar-refractivity contribution is 9.10. The predicted molar refractivity (Wildman–Crippen MR) is 110 cm³/mol. The van der Waals surface area contributed by atoms with Gasteiger partial charge in [0.05, 0.1) is 22.1 Å². The first kappa shape index (κ1) is 23.2. The van der Waals surface area contributed by atoms with Crippen molar-refractivity contribution in [1.29, 1.82) is 5.26 Å². The zero-order valence-corrected chi connectivity index (χ0v) is 18.4. The maximum absolute atomic E-state index is 13.3. The van der Waals surface area contributed by atoms with Crippen molar-refractivity contribution in [2.45, 2.75) is 30.0 Å². The number of halogens is 4. The Morgan fingerprint density at radius 1 is 1.13 bits per heavy atom. The molecule has 164 valence electrons. The number of piperidine rings is 1. The summed E-state index contributed by atoms with van der Waals surface area (Å²) in [6.45, 7) is 0.497. The Bertz CT molecular complexity index is 1120. The van der Waals surface area contributed by atoms with Gasteiger partial charge < -0.3 is 4.90 Å². The monoisotopic (exact) mass is 515 g/mol. The molecule has 0 radical (unpaired) electrons. The summed E-state index contributed by atoms with van der Waals surface area (Å²) in [6.07, 6.45) is -4.30. The highest BCUT2D eigenvalue weighted by atomic mass is 79.9. The predicted octanol–water partition coefficient (Wildman–Crippen LogP) is 3.92. The zero-order valence-electron chi connectivity index (χ0n) is 16.0. The largest absolute Gasteiger partial charge is 0.417 e. The second-order valence-corrected chi connectivity index (χ2v) is 9.61. The minimum Gasteiger partial charge on any atom is -0.339 e. The normalized spacial score (nSPS) is 15.5. The average Bonchev–Trinajstić information content (AvgIpc) is 2.73. The van der Waals surface area contributed by atoms with E-state index in [1.807, 2.05) is 6.07 Å². The lowest BCUT2D eigenvalue weighted by molar-refractivity contribution is -0.139. The van der Waals surface area contributed by atoms with Crippen molar-refractivity contribution in [3.63, 3.8) is 0 Å². The lowest BCUT2D eigenvalue weighted by Crippen LogP contribution is -2.46. The summed E-state index contributed by atoms with van der Waals surface area (Å²) in [7, 11) is -4.41. The Morgan fingerprint density at radius 2 is 1.74 bits per heavy atom. The molecule has 0 bridgehead atoms. The molecule has 0 unspecified atom stereocenters. The minimum absolute atomic E-state index is 0.119. The lowest BCUT2D eigenvalue weighted by atomic mass is 10.0. The third-order valence-corrected chi connectivity index (χ3v) is 6.97. The highest BCUT2D eigenvalue weighted by Crippen LogP contribution is 2.36. The molecule has 2 aromatic carbocycles. The van der Waals surface area contributed by atoms with Crippen LogP contribution >= 0.6 is 15.9 Å². The van der Waals surface area contributed by atoms with Crippen LogP contribution in [0.1, 0.15) is 34.3 Å². The summed E-state index contributed by atoms with van der Waals surface area (Å²) in [4.78, 5) is 13.3. The first-order valence-corrected chi connectivity index (χ1v) is 11.5. The molecule has 0 aliphatic carbocycles. The molecule has 0 spiro atoms. The molecule has 1 aliphatic rings. The summed E-state index contributed by atoms with van der Waals surface area (Å²) < 4.78 is 67.7. The van der Waals surface area contributed by atoms with E-state index in [-0.39, 0.29) is 36.3 Å². The molecule has 3 rings (SSSR count). The average molecular weight is 516 g/mol. The van der Waals surface area contributed by atoms with Crippen LogP contribution in [0.25, 0.3) is 0 Å². The van der Waals surface area contributed by atoms with Gasteiger partial charge in [0.15, 0.2) is 0 Å². The van der Waals surface area contributed by atoms with Crippen LogP contribution in [0.5, 0.6) is 0 Å². The molecule has 11 heteroatoms. The molecule has 1 heterocycles. The van der Waals surface area contributed by atoms with Crippen molar-refractivity contribution in [2.24, 2.45) is 0 Å². The van der Waals surface area contributed by atoms with Gasteiger partial charge in [-0.25, -0.2) is 13.1 Å². The van der Waals surface area contributed by atoms with Gasteiger partial charge in [0, 0.05) is 29.2 Å². The van der Waals surface area contributed by atoms with E-state index in [1.54, 1.807) is 17.0 Å². The van der Waals surface area contributed by atoms with Crippen molar-refractivity contribution >= 4 is 31.9 Å². The van der Waals surface area contributed by atoms with E-state index >= 15 is 0 Å². The van der Waals surface area contributed by atoms with Gasteiger partial charge in [-0.05, 0) is 55.3 Å². The van der Waals surface area contributed by atoms with E-state index in [0.29, 0.717) is 11.1 Å². The molecular formula is C20H17BrF3N3O3S. The topological polar surface area (TPSA) is 90.3 Å².